The van der Waals surface area contributed by atoms with Gasteiger partial charge in [0.1, 0.15) is 18.7 Å². The normalized spacial score (nSPS) is 12.8. The lowest BCUT2D eigenvalue weighted by Gasteiger charge is -2.17. The summed E-state index contributed by atoms with van der Waals surface area (Å²) in [5.74, 6) is -0.854. The number of allylic oxidation sites excluding steroid dienone is 1. The van der Waals surface area contributed by atoms with Crippen molar-refractivity contribution in [2.75, 3.05) is 6.61 Å². The monoisotopic (exact) mass is 356 g/mol. The Kier molecular flexibility index (Phi) is 6.27. The average molecular weight is 356 g/mol. The Morgan fingerprint density at radius 2 is 1.96 bits per heavy atom. The Hall–Kier alpha value is -2.96. The topological polar surface area (TPSA) is 86.1 Å². The first-order valence-electron chi connectivity index (χ1n) is 8.42. The lowest BCUT2D eigenvalue weighted by atomic mass is 9.95. The Balaban J connectivity index is 2.19. The summed E-state index contributed by atoms with van der Waals surface area (Å²) in [7, 11) is 0. The van der Waals surface area contributed by atoms with Crippen LogP contribution in [-0.4, -0.2) is 39.3 Å². The number of carbonyl (C=O) groups excluding carboxylic acids is 2. The molecule has 1 aromatic heterocycles. The van der Waals surface area contributed by atoms with E-state index in [1.54, 1.807) is 48.4 Å². The number of rotatable bonds is 6. The fourth-order valence-electron chi connectivity index (χ4n) is 2.17. The molecular weight excluding hydrogens is 332 g/mol. The van der Waals surface area contributed by atoms with Gasteiger partial charge in [-0.05, 0) is 30.5 Å². The second-order valence-corrected chi connectivity index (χ2v) is 6.85. The van der Waals surface area contributed by atoms with Crippen LogP contribution in [0.15, 0.2) is 49.1 Å². The van der Waals surface area contributed by atoms with Crippen LogP contribution in [0.1, 0.15) is 38.1 Å². The molecule has 0 aliphatic rings. The van der Waals surface area contributed by atoms with E-state index in [4.69, 9.17) is 4.74 Å². The zero-order valence-electron chi connectivity index (χ0n) is 15.5. The third-order valence-electron chi connectivity index (χ3n) is 3.44. The number of carbonyl (C=O) groups is 2. The van der Waals surface area contributed by atoms with Crippen molar-refractivity contribution in [2.45, 2.75) is 33.7 Å². The van der Waals surface area contributed by atoms with Gasteiger partial charge in [-0.3, -0.25) is 9.36 Å². The molecule has 138 valence electrons. The third-order valence-corrected chi connectivity index (χ3v) is 3.44. The van der Waals surface area contributed by atoms with Crippen LogP contribution in [0.2, 0.25) is 0 Å². The first-order valence-corrected chi connectivity index (χ1v) is 8.42. The minimum atomic E-state index is -0.847. The molecule has 0 saturated carbocycles. The maximum Gasteiger partial charge on any atom is 0.332 e. The SMILES string of the molecule is CCOC(=O)C(/C=C/C(C)(C)C)NC(=O)c1cccc(-n2cnnc2)c1. The van der Waals surface area contributed by atoms with E-state index in [2.05, 4.69) is 15.5 Å². The molecular formula is C19H24N4O3. The van der Waals surface area contributed by atoms with Crippen molar-refractivity contribution < 1.29 is 14.3 Å². The number of esters is 1. The van der Waals surface area contributed by atoms with E-state index >= 15 is 0 Å². The maximum atomic E-state index is 12.6. The molecule has 0 radical (unpaired) electrons. The quantitative estimate of drug-likeness (QED) is 0.635. The first-order chi connectivity index (χ1) is 12.3. The Labute approximate surface area is 153 Å². The summed E-state index contributed by atoms with van der Waals surface area (Å²) in [5, 5.41) is 10.2. The lowest BCUT2D eigenvalue weighted by Crippen LogP contribution is -2.40. The number of hydrogen-bond acceptors (Lipinski definition) is 5. The molecule has 1 aromatic carbocycles. The Bertz CT molecular complexity index is 776. The predicted octanol–water partition coefficient (Wildman–Crippen LogP) is 2.53. The number of nitrogens with zero attached hydrogens (tertiary/aromatic N) is 3. The van der Waals surface area contributed by atoms with Crippen molar-refractivity contribution in [3.63, 3.8) is 0 Å². The average Bonchev–Trinajstić information content (AvgIpc) is 3.12. The van der Waals surface area contributed by atoms with E-state index < -0.39 is 12.0 Å². The van der Waals surface area contributed by atoms with Gasteiger partial charge in [-0.2, -0.15) is 0 Å². The van der Waals surface area contributed by atoms with Gasteiger partial charge in [-0.25, -0.2) is 4.79 Å². The Morgan fingerprint density at radius 3 is 2.58 bits per heavy atom. The van der Waals surface area contributed by atoms with Crippen molar-refractivity contribution >= 4 is 11.9 Å². The maximum absolute atomic E-state index is 12.6. The molecule has 1 heterocycles. The fourth-order valence-corrected chi connectivity index (χ4v) is 2.17. The molecule has 7 heteroatoms. The van der Waals surface area contributed by atoms with Crippen LogP contribution in [0.3, 0.4) is 0 Å². The lowest BCUT2D eigenvalue weighted by molar-refractivity contribution is -0.144. The highest BCUT2D eigenvalue weighted by Gasteiger charge is 2.21. The molecule has 0 aliphatic heterocycles. The molecule has 0 fully saturated rings. The van der Waals surface area contributed by atoms with E-state index in [1.807, 2.05) is 32.9 Å². The van der Waals surface area contributed by atoms with Gasteiger partial charge in [0.15, 0.2) is 0 Å². The van der Waals surface area contributed by atoms with Crippen LogP contribution in [0.5, 0.6) is 0 Å². The molecule has 0 spiro atoms. The summed E-state index contributed by atoms with van der Waals surface area (Å²) < 4.78 is 6.76. The first kappa shape index (κ1) is 19.4. The number of amides is 1. The summed E-state index contributed by atoms with van der Waals surface area (Å²) in [6, 6.07) is 6.13. The highest BCUT2D eigenvalue weighted by Crippen LogP contribution is 2.15. The van der Waals surface area contributed by atoms with Crippen molar-refractivity contribution in [3.05, 3.63) is 54.6 Å². The highest BCUT2D eigenvalue weighted by atomic mass is 16.5. The van der Waals surface area contributed by atoms with Gasteiger partial charge in [0, 0.05) is 11.3 Å². The predicted molar refractivity (Wildman–Crippen MR) is 97.8 cm³/mol. The van der Waals surface area contributed by atoms with E-state index in [9.17, 15) is 9.59 Å². The number of nitrogens with one attached hydrogen (secondary N) is 1. The molecule has 2 aromatic rings. The summed E-state index contributed by atoms with van der Waals surface area (Å²) in [6.07, 6.45) is 6.64. The van der Waals surface area contributed by atoms with Gasteiger partial charge in [-0.1, -0.05) is 39.0 Å². The minimum Gasteiger partial charge on any atom is -0.464 e. The van der Waals surface area contributed by atoms with Crippen molar-refractivity contribution in [1.82, 2.24) is 20.1 Å². The third kappa shape index (κ3) is 5.54. The number of ether oxygens (including phenoxy) is 1. The van der Waals surface area contributed by atoms with E-state index in [1.165, 1.54) is 0 Å². The van der Waals surface area contributed by atoms with Crippen molar-refractivity contribution in [1.29, 1.82) is 0 Å². The van der Waals surface area contributed by atoms with Crippen LogP contribution < -0.4 is 5.32 Å². The molecule has 0 bridgehead atoms. The highest BCUT2D eigenvalue weighted by molar-refractivity contribution is 5.97. The number of hydrogen-bond donors (Lipinski definition) is 1. The van der Waals surface area contributed by atoms with Crippen molar-refractivity contribution in [3.8, 4) is 5.69 Å². The summed E-state index contributed by atoms with van der Waals surface area (Å²) in [4.78, 5) is 24.8. The van der Waals surface area contributed by atoms with Gasteiger partial charge < -0.3 is 10.1 Å². The molecule has 1 atom stereocenters. The number of benzene rings is 1. The van der Waals surface area contributed by atoms with Crippen LogP contribution >= 0.6 is 0 Å². The molecule has 2 rings (SSSR count). The smallest absolute Gasteiger partial charge is 0.332 e. The number of aromatic nitrogens is 3. The zero-order chi connectivity index (χ0) is 19.2. The largest absolute Gasteiger partial charge is 0.464 e. The molecule has 1 amide bonds. The van der Waals surface area contributed by atoms with Gasteiger partial charge >= 0.3 is 5.97 Å². The molecule has 0 saturated heterocycles. The second-order valence-electron chi connectivity index (χ2n) is 6.85. The van der Waals surface area contributed by atoms with Crippen LogP contribution in [-0.2, 0) is 9.53 Å². The second kappa shape index (κ2) is 8.42. The van der Waals surface area contributed by atoms with Gasteiger partial charge in [0.25, 0.3) is 5.91 Å². The van der Waals surface area contributed by atoms with Gasteiger partial charge in [-0.15, -0.1) is 10.2 Å². The minimum absolute atomic E-state index is 0.121. The van der Waals surface area contributed by atoms with E-state index in [-0.39, 0.29) is 17.9 Å². The van der Waals surface area contributed by atoms with E-state index in [0.29, 0.717) is 5.56 Å². The summed E-state index contributed by atoms with van der Waals surface area (Å²) in [5.41, 5.74) is 1.05. The van der Waals surface area contributed by atoms with Gasteiger partial charge in [0.05, 0.1) is 6.61 Å². The Morgan fingerprint density at radius 1 is 1.27 bits per heavy atom. The molecule has 1 unspecified atom stereocenters. The fraction of sp³-hybridized carbons (Fsp3) is 0.368. The van der Waals surface area contributed by atoms with Crippen LogP contribution in [0.25, 0.3) is 5.69 Å². The van der Waals surface area contributed by atoms with E-state index in [0.717, 1.165) is 5.69 Å². The molecule has 0 aliphatic carbocycles. The zero-order valence-corrected chi connectivity index (χ0v) is 15.5. The van der Waals surface area contributed by atoms with Crippen LogP contribution in [0, 0.1) is 5.41 Å². The summed E-state index contributed by atoms with van der Waals surface area (Å²) >= 11 is 0. The van der Waals surface area contributed by atoms with Crippen LogP contribution in [0.4, 0.5) is 0 Å². The summed E-state index contributed by atoms with van der Waals surface area (Å²) in [6.45, 7) is 8.01. The molecule has 26 heavy (non-hydrogen) atoms. The van der Waals surface area contributed by atoms with Gasteiger partial charge in [0.2, 0.25) is 0 Å². The molecule has 7 nitrogen and oxygen atoms in total. The molecule has 1 N–H and O–H groups in total. The standard InChI is InChI=1S/C19H24N4O3/c1-5-26-18(25)16(9-10-19(2,3)4)22-17(24)14-7-6-8-15(11-14)23-12-20-21-13-23/h6-13,16H,5H2,1-4H3,(H,22,24)/b10-9+. The van der Waals surface area contributed by atoms with Crippen molar-refractivity contribution in [2.24, 2.45) is 5.41 Å².